The molecule has 0 atom stereocenters. The first kappa shape index (κ1) is 20.1. The summed E-state index contributed by atoms with van der Waals surface area (Å²) in [5.41, 5.74) is 1.19. The fraction of sp³-hybridized carbons (Fsp3) is 0.250. The number of likely N-dealkylation sites (tertiary alicyclic amines) is 1. The Morgan fingerprint density at radius 1 is 1.09 bits per heavy atom. The van der Waals surface area contributed by atoms with Crippen molar-refractivity contribution in [3.63, 3.8) is 0 Å². The molecule has 0 bridgehead atoms. The van der Waals surface area contributed by atoms with E-state index in [0.29, 0.717) is 28.6 Å². The van der Waals surface area contributed by atoms with E-state index in [2.05, 4.69) is 32.2 Å². The molecule has 1 aliphatic rings. The number of nitrogens with one attached hydrogen (secondary N) is 1. The summed E-state index contributed by atoms with van der Waals surface area (Å²) in [6.07, 6.45) is 8.52. The Labute approximate surface area is 185 Å². The van der Waals surface area contributed by atoms with Crippen LogP contribution in [-0.4, -0.2) is 52.0 Å². The van der Waals surface area contributed by atoms with E-state index in [1.807, 2.05) is 24.3 Å². The van der Waals surface area contributed by atoms with Crippen molar-refractivity contribution in [2.24, 2.45) is 0 Å². The number of carbonyl (C=O) groups excluding carboxylic acids is 1. The molecule has 1 aromatic carbocycles. The number of anilines is 1. The number of piperidine rings is 1. The van der Waals surface area contributed by atoms with Crippen LogP contribution >= 0.6 is 0 Å². The molecule has 5 rings (SSSR count). The maximum absolute atomic E-state index is 12.8. The second-order valence-corrected chi connectivity index (χ2v) is 7.95. The number of hydrogen-bond donors (Lipinski definition) is 1. The molecule has 1 fully saturated rings. The first-order valence-electron chi connectivity index (χ1n) is 10.6. The van der Waals surface area contributed by atoms with Crippen molar-refractivity contribution in [3.05, 3.63) is 66.9 Å². The Hall–Kier alpha value is -3.78. The smallest absolute Gasteiger partial charge is 0.256 e. The van der Waals surface area contributed by atoms with Gasteiger partial charge in [-0.05, 0) is 55.6 Å². The van der Waals surface area contributed by atoms with E-state index in [9.17, 15) is 4.79 Å². The highest BCUT2D eigenvalue weighted by atomic mass is 16.5. The molecule has 8 heteroatoms. The van der Waals surface area contributed by atoms with Gasteiger partial charge in [-0.3, -0.25) is 9.78 Å². The number of carbonyl (C=O) groups is 1. The highest BCUT2D eigenvalue weighted by molar-refractivity contribution is 6.04. The Bertz CT molecular complexity index is 1230. The summed E-state index contributed by atoms with van der Waals surface area (Å²) < 4.78 is 11.4. The molecule has 4 aromatic rings. The number of rotatable bonds is 5. The van der Waals surface area contributed by atoms with Gasteiger partial charge in [-0.1, -0.05) is 6.07 Å². The van der Waals surface area contributed by atoms with Gasteiger partial charge in [0, 0.05) is 36.4 Å². The van der Waals surface area contributed by atoms with Crippen LogP contribution in [0, 0.1) is 0 Å². The van der Waals surface area contributed by atoms with Gasteiger partial charge in [0.2, 0.25) is 0 Å². The Morgan fingerprint density at radius 2 is 1.94 bits per heavy atom. The van der Waals surface area contributed by atoms with Crippen LogP contribution in [0.3, 0.4) is 0 Å². The minimum atomic E-state index is -0.241. The predicted molar refractivity (Wildman–Crippen MR) is 121 cm³/mol. The molecule has 32 heavy (non-hydrogen) atoms. The highest BCUT2D eigenvalue weighted by Crippen LogP contribution is 2.24. The van der Waals surface area contributed by atoms with Crippen LogP contribution in [0.1, 0.15) is 23.2 Å². The lowest BCUT2D eigenvalue weighted by Crippen LogP contribution is -2.35. The van der Waals surface area contributed by atoms with Gasteiger partial charge in [0.25, 0.3) is 5.91 Å². The molecule has 0 unspecified atom stereocenters. The molecule has 0 radical (unpaired) electrons. The van der Waals surface area contributed by atoms with E-state index in [0.717, 1.165) is 36.7 Å². The summed E-state index contributed by atoms with van der Waals surface area (Å²) in [5, 5.41) is 4.62. The maximum Gasteiger partial charge on any atom is 0.256 e. The van der Waals surface area contributed by atoms with Crippen LogP contribution in [0.25, 0.3) is 22.2 Å². The molecule has 1 aliphatic heterocycles. The van der Waals surface area contributed by atoms with Gasteiger partial charge in [0.05, 0.1) is 6.20 Å². The van der Waals surface area contributed by atoms with Crippen molar-refractivity contribution in [3.8, 4) is 17.2 Å². The number of hydrogen-bond acceptors (Lipinski definition) is 7. The summed E-state index contributed by atoms with van der Waals surface area (Å²) in [5.74, 6) is 1.51. The molecular formula is C24H23N5O3. The van der Waals surface area contributed by atoms with Crippen molar-refractivity contribution < 1.29 is 13.9 Å². The normalized spacial score (nSPS) is 15.0. The minimum Gasteiger partial charge on any atom is -0.490 e. The third-order valence-corrected chi connectivity index (χ3v) is 5.59. The zero-order valence-electron chi connectivity index (χ0n) is 17.7. The van der Waals surface area contributed by atoms with Gasteiger partial charge in [-0.25, -0.2) is 9.97 Å². The third-order valence-electron chi connectivity index (χ3n) is 5.59. The number of pyridine rings is 2. The second kappa shape index (κ2) is 8.76. The van der Waals surface area contributed by atoms with Gasteiger partial charge in [-0.15, -0.1) is 0 Å². The molecule has 3 aromatic heterocycles. The zero-order chi connectivity index (χ0) is 21.9. The number of benzene rings is 1. The fourth-order valence-corrected chi connectivity index (χ4v) is 3.78. The lowest BCUT2D eigenvalue weighted by atomic mass is 10.1. The number of amides is 1. The molecule has 8 nitrogen and oxygen atoms in total. The van der Waals surface area contributed by atoms with Gasteiger partial charge >= 0.3 is 0 Å². The largest absolute Gasteiger partial charge is 0.490 e. The average molecular weight is 429 g/mol. The molecule has 1 amide bonds. The number of ether oxygens (including phenoxy) is 1. The highest BCUT2D eigenvalue weighted by Gasteiger charge is 2.18. The van der Waals surface area contributed by atoms with Crippen LogP contribution in [0.15, 0.2) is 65.8 Å². The minimum absolute atomic E-state index is 0.179. The van der Waals surface area contributed by atoms with Crippen LogP contribution < -0.4 is 10.1 Å². The Balaban J connectivity index is 1.31. The predicted octanol–water partition coefficient (Wildman–Crippen LogP) is 4.01. The van der Waals surface area contributed by atoms with E-state index >= 15 is 0 Å². The summed E-state index contributed by atoms with van der Waals surface area (Å²) in [6, 6.07) is 11.0. The maximum atomic E-state index is 12.8. The van der Waals surface area contributed by atoms with Crippen LogP contribution in [0.2, 0.25) is 0 Å². The fourth-order valence-electron chi connectivity index (χ4n) is 3.78. The number of aromatic nitrogens is 3. The monoisotopic (exact) mass is 429 g/mol. The zero-order valence-corrected chi connectivity index (χ0v) is 17.7. The van der Waals surface area contributed by atoms with E-state index in [-0.39, 0.29) is 12.0 Å². The molecule has 0 aliphatic carbocycles. The summed E-state index contributed by atoms with van der Waals surface area (Å²) in [6.45, 7) is 2.04. The quantitative estimate of drug-likeness (QED) is 0.512. The van der Waals surface area contributed by atoms with E-state index in [1.165, 1.54) is 6.39 Å². The van der Waals surface area contributed by atoms with Gasteiger partial charge in [0.1, 0.15) is 23.4 Å². The standard InChI is InChI=1S/C24H23N5O3/c1-29-7-5-19(6-8-29)32-20-4-2-3-16(9-20)24(30)28-23-11-17-10-21(22-14-25-15-31-22)26-12-18(17)13-27-23/h2-4,9-15,19H,5-8H2,1H3,(H,27,28,30). The summed E-state index contributed by atoms with van der Waals surface area (Å²) in [7, 11) is 2.12. The summed E-state index contributed by atoms with van der Waals surface area (Å²) in [4.78, 5) is 27.8. The second-order valence-electron chi connectivity index (χ2n) is 7.95. The molecule has 0 saturated carbocycles. The average Bonchev–Trinajstić information content (AvgIpc) is 3.35. The number of oxazole rings is 1. The van der Waals surface area contributed by atoms with Gasteiger partial charge in [-0.2, -0.15) is 0 Å². The molecule has 1 N–H and O–H groups in total. The Kier molecular flexibility index (Phi) is 5.51. The van der Waals surface area contributed by atoms with Crippen molar-refractivity contribution in [2.45, 2.75) is 18.9 Å². The van der Waals surface area contributed by atoms with Crippen molar-refractivity contribution in [2.75, 3.05) is 25.5 Å². The topological polar surface area (TPSA) is 93.4 Å². The lowest BCUT2D eigenvalue weighted by molar-refractivity contribution is 0.102. The molecule has 162 valence electrons. The van der Waals surface area contributed by atoms with Crippen LogP contribution in [-0.2, 0) is 0 Å². The van der Waals surface area contributed by atoms with Gasteiger partial charge in [0.15, 0.2) is 12.2 Å². The van der Waals surface area contributed by atoms with Crippen LogP contribution in [0.4, 0.5) is 5.82 Å². The molecule has 1 saturated heterocycles. The van der Waals surface area contributed by atoms with E-state index in [1.54, 1.807) is 30.7 Å². The third kappa shape index (κ3) is 4.45. The van der Waals surface area contributed by atoms with Crippen molar-refractivity contribution >= 4 is 22.5 Å². The van der Waals surface area contributed by atoms with Crippen LogP contribution in [0.5, 0.6) is 5.75 Å². The first-order chi connectivity index (χ1) is 15.6. The van der Waals surface area contributed by atoms with E-state index in [4.69, 9.17) is 9.15 Å². The van der Waals surface area contributed by atoms with E-state index < -0.39 is 0 Å². The molecule has 4 heterocycles. The Morgan fingerprint density at radius 3 is 2.75 bits per heavy atom. The summed E-state index contributed by atoms with van der Waals surface area (Å²) >= 11 is 0. The van der Waals surface area contributed by atoms with Gasteiger partial charge < -0.3 is 19.4 Å². The van der Waals surface area contributed by atoms with Crippen molar-refractivity contribution in [1.29, 1.82) is 0 Å². The molecule has 0 spiro atoms. The number of nitrogens with zero attached hydrogens (tertiary/aromatic N) is 4. The number of fused-ring (bicyclic) bond motifs is 1. The first-order valence-corrected chi connectivity index (χ1v) is 10.6. The van der Waals surface area contributed by atoms with Crippen molar-refractivity contribution in [1.82, 2.24) is 19.9 Å². The molecular weight excluding hydrogens is 406 g/mol. The SMILES string of the molecule is CN1CCC(Oc2cccc(C(=O)Nc3cc4cc(-c5cnco5)ncc4cn3)c2)CC1. The lowest BCUT2D eigenvalue weighted by Gasteiger charge is -2.29.